The maximum absolute atomic E-state index is 10.7. The molecule has 0 saturated carbocycles. The third kappa shape index (κ3) is 3.25. The molecule has 1 aromatic carbocycles. The topological polar surface area (TPSA) is 46.4 Å². The summed E-state index contributed by atoms with van der Waals surface area (Å²) in [7, 11) is 0. The molecule has 1 atom stereocenters. The number of hydrogen-bond donors (Lipinski definition) is 0. The van der Waals surface area contributed by atoms with Crippen LogP contribution in [-0.4, -0.2) is 24.1 Å². The Balaban J connectivity index is 2.15. The second-order valence-electron chi connectivity index (χ2n) is 6.30. The van der Waals surface area contributed by atoms with E-state index in [1.165, 1.54) is 5.56 Å². The summed E-state index contributed by atoms with van der Waals surface area (Å²) in [6.07, 6.45) is 1.96. The van der Waals surface area contributed by atoms with Crippen LogP contribution in [0.25, 0.3) is 0 Å². The van der Waals surface area contributed by atoms with E-state index in [1.54, 1.807) is 0 Å². The number of anilines is 1. The van der Waals surface area contributed by atoms with E-state index >= 15 is 0 Å². The number of benzene rings is 1. The minimum Gasteiger partial charge on any atom is -0.362 e. The Kier molecular flexibility index (Phi) is 3.78. The lowest BCUT2D eigenvalue weighted by Gasteiger charge is -2.25. The molecule has 0 bridgehead atoms. The van der Waals surface area contributed by atoms with E-state index in [9.17, 15) is 10.1 Å². The van der Waals surface area contributed by atoms with Crippen LogP contribution in [0.5, 0.6) is 0 Å². The van der Waals surface area contributed by atoms with Crippen LogP contribution >= 0.6 is 0 Å². The van der Waals surface area contributed by atoms with Crippen LogP contribution in [0.15, 0.2) is 24.3 Å². The average molecular weight is 262 g/mol. The summed E-state index contributed by atoms with van der Waals surface area (Å²) in [4.78, 5) is 12.7. The Morgan fingerprint density at radius 2 is 1.95 bits per heavy atom. The number of rotatable bonds is 3. The fourth-order valence-electron chi connectivity index (χ4n) is 2.69. The second-order valence-corrected chi connectivity index (χ2v) is 6.30. The summed E-state index contributed by atoms with van der Waals surface area (Å²) in [6, 6.07) is 8.52. The molecule has 1 heterocycles. The molecule has 1 aliphatic rings. The lowest BCUT2D eigenvalue weighted by atomic mass is 9.87. The van der Waals surface area contributed by atoms with Crippen LogP contribution < -0.4 is 4.90 Å². The Bertz CT molecular complexity index is 448. The van der Waals surface area contributed by atoms with E-state index < -0.39 is 0 Å². The van der Waals surface area contributed by atoms with Gasteiger partial charge in [0.2, 0.25) is 6.54 Å². The molecule has 0 radical (unpaired) electrons. The molecule has 1 unspecified atom stereocenters. The SMILES string of the molecule is CC(C)(C)c1ccc(N2CCCC2C[N+](=O)[O-])cc1. The van der Waals surface area contributed by atoms with Gasteiger partial charge < -0.3 is 4.90 Å². The highest BCUT2D eigenvalue weighted by Gasteiger charge is 2.28. The quantitative estimate of drug-likeness (QED) is 0.620. The normalized spacial score (nSPS) is 19.7. The van der Waals surface area contributed by atoms with Crippen LogP contribution in [0.4, 0.5) is 5.69 Å². The summed E-state index contributed by atoms with van der Waals surface area (Å²) in [6.45, 7) is 7.53. The molecular weight excluding hydrogens is 240 g/mol. The van der Waals surface area contributed by atoms with Gasteiger partial charge in [-0.25, -0.2) is 0 Å². The van der Waals surface area contributed by atoms with Crippen LogP contribution in [0.3, 0.4) is 0 Å². The van der Waals surface area contributed by atoms with Gasteiger partial charge in [0.15, 0.2) is 0 Å². The molecule has 0 N–H and O–H groups in total. The Morgan fingerprint density at radius 1 is 1.32 bits per heavy atom. The molecule has 1 aromatic rings. The molecule has 1 aliphatic heterocycles. The van der Waals surface area contributed by atoms with Crippen molar-refractivity contribution in [1.82, 2.24) is 0 Å². The Labute approximate surface area is 114 Å². The molecule has 1 fully saturated rings. The maximum atomic E-state index is 10.7. The molecule has 104 valence electrons. The van der Waals surface area contributed by atoms with Crippen molar-refractivity contribution in [1.29, 1.82) is 0 Å². The number of nitrogens with zero attached hydrogens (tertiary/aromatic N) is 2. The van der Waals surface area contributed by atoms with Crippen LogP contribution in [-0.2, 0) is 5.41 Å². The van der Waals surface area contributed by atoms with Crippen LogP contribution in [0.1, 0.15) is 39.2 Å². The molecule has 0 spiro atoms. The summed E-state index contributed by atoms with van der Waals surface area (Å²) in [5, 5.41) is 10.7. The van der Waals surface area contributed by atoms with Crippen molar-refractivity contribution in [3.05, 3.63) is 39.9 Å². The van der Waals surface area contributed by atoms with Gasteiger partial charge in [-0.2, -0.15) is 0 Å². The molecule has 4 heteroatoms. The Hall–Kier alpha value is -1.58. The highest BCUT2D eigenvalue weighted by Crippen LogP contribution is 2.29. The Morgan fingerprint density at radius 3 is 2.47 bits per heavy atom. The first-order valence-electron chi connectivity index (χ1n) is 6.87. The zero-order valence-corrected chi connectivity index (χ0v) is 11.9. The maximum Gasteiger partial charge on any atom is 0.223 e. The third-order valence-electron chi connectivity index (χ3n) is 3.80. The van der Waals surface area contributed by atoms with Gasteiger partial charge in [0, 0.05) is 17.2 Å². The van der Waals surface area contributed by atoms with Crippen molar-refractivity contribution < 1.29 is 4.92 Å². The summed E-state index contributed by atoms with van der Waals surface area (Å²) in [5.74, 6) is 0. The molecule has 19 heavy (non-hydrogen) atoms. The highest BCUT2D eigenvalue weighted by molar-refractivity contribution is 5.50. The zero-order chi connectivity index (χ0) is 14.0. The number of hydrogen-bond acceptors (Lipinski definition) is 3. The van der Waals surface area contributed by atoms with E-state index in [-0.39, 0.29) is 22.9 Å². The number of nitro groups is 1. The summed E-state index contributed by atoms with van der Waals surface area (Å²) >= 11 is 0. The van der Waals surface area contributed by atoms with E-state index in [0.29, 0.717) is 0 Å². The molecule has 2 rings (SSSR count). The lowest BCUT2D eigenvalue weighted by molar-refractivity contribution is -0.482. The average Bonchev–Trinajstić information content (AvgIpc) is 2.75. The smallest absolute Gasteiger partial charge is 0.223 e. The molecule has 0 amide bonds. The largest absolute Gasteiger partial charge is 0.362 e. The van der Waals surface area contributed by atoms with Crippen molar-refractivity contribution in [3.8, 4) is 0 Å². The van der Waals surface area contributed by atoms with Gasteiger partial charge in [-0.15, -0.1) is 0 Å². The van der Waals surface area contributed by atoms with Gasteiger partial charge in [0.25, 0.3) is 0 Å². The van der Waals surface area contributed by atoms with E-state index in [0.717, 1.165) is 25.1 Å². The monoisotopic (exact) mass is 262 g/mol. The highest BCUT2D eigenvalue weighted by atomic mass is 16.6. The van der Waals surface area contributed by atoms with Crippen molar-refractivity contribution >= 4 is 5.69 Å². The standard InChI is InChI=1S/C15H22N2O2/c1-15(2,3)12-6-8-13(9-7-12)16-10-4-5-14(16)11-17(18)19/h6-9,14H,4-5,10-11H2,1-3H3. The molecular formula is C15H22N2O2. The predicted molar refractivity (Wildman–Crippen MR) is 77.4 cm³/mol. The molecule has 1 saturated heterocycles. The van der Waals surface area contributed by atoms with E-state index in [4.69, 9.17) is 0 Å². The minimum atomic E-state index is -0.202. The van der Waals surface area contributed by atoms with Gasteiger partial charge in [-0.05, 0) is 36.0 Å². The van der Waals surface area contributed by atoms with E-state index in [1.807, 2.05) is 0 Å². The second kappa shape index (κ2) is 5.19. The van der Waals surface area contributed by atoms with Gasteiger partial charge >= 0.3 is 0 Å². The summed E-state index contributed by atoms with van der Waals surface area (Å²) < 4.78 is 0. The fraction of sp³-hybridized carbons (Fsp3) is 0.600. The van der Waals surface area contributed by atoms with Gasteiger partial charge in [-0.3, -0.25) is 10.1 Å². The first-order valence-corrected chi connectivity index (χ1v) is 6.87. The van der Waals surface area contributed by atoms with Crippen LogP contribution in [0, 0.1) is 10.1 Å². The van der Waals surface area contributed by atoms with Crippen molar-refractivity contribution in [2.45, 2.75) is 45.1 Å². The summed E-state index contributed by atoms with van der Waals surface area (Å²) in [5.41, 5.74) is 2.54. The van der Waals surface area contributed by atoms with Gasteiger partial charge in [0.05, 0.1) is 6.04 Å². The van der Waals surface area contributed by atoms with Crippen molar-refractivity contribution in [2.75, 3.05) is 18.0 Å². The lowest BCUT2D eigenvalue weighted by Crippen LogP contribution is -2.34. The van der Waals surface area contributed by atoms with Crippen LogP contribution in [0.2, 0.25) is 0 Å². The van der Waals surface area contributed by atoms with E-state index in [2.05, 4.69) is 49.9 Å². The van der Waals surface area contributed by atoms with Gasteiger partial charge in [0.1, 0.15) is 0 Å². The first kappa shape index (κ1) is 13.8. The first-order chi connectivity index (χ1) is 8.88. The minimum absolute atomic E-state index is 0.0427. The molecule has 0 aromatic heterocycles. The zero-order valence-electron chi connectivity index (χ0n) is 11.9. The fourth-order valence-corrected chi connectivity index (χ4v) is 2.69. The third-order valence-corrected chi connectivity index (χ3v) is 3.80. The van der Waals surface area contributed by atoms with Crippen molar-refractivity contribution in [3.63, 3.8) is 0 Å². The predicted octanol–water partition coefficient (Wildman–Crippen LogP) is 3.23. The van der Waals surface area contributed by atoms with Gasteiger partial charge in [-0.1, -0.05) is 32.9 Å². The van der Waals surface area contributed by atoms with Crippen molar-refractivity contribution in [2.24, 2.45) is 0 Å². The molecule has 0 aliphatic carbocycles. The molecule has 4 nitrogen and oxygen atoms in total.